The van der Waals surface area contributed by atoms with Crippen LogP contribution >= 0.6 is 11.8 Å². The van der Waals surface area contributed by atoms with Gasteiger partial charge in [-0.25, -0.2) is 0 Å². The molecule has 1 aromatic rings. The van der Waals surface area contributed by atoms with E-state index in [1.807, 2.05) is 31.2 Å². The third-order valence-corrected chi connectivity index (χ3v) is 4.30. The average Bonchev–Trinajstić information content (AvgIpc) is 2.82. The lowest BCUT2D eigenvalue weighted by Gasteiger charge is -2.24. The van der Waals surface area contributed by atoms with Crippen molar-refractivity contribution in [2.75, 3.05) is 25.5 Å². The number of hydrogen-bond acceptors (Lipinski definition) is 5. The molecule has 2 rings (SSSR count). The summed E-state index contributed by atoms with van der Waals surface area (Å²) >= 11 is 1.50. The Bertz CT molecular complexity index is 520. The Balaban J connectivity index is 2.21. The zero-order valence-electron chi connectivity index (χ0n) is 12.2. The highest BCUT2D eigenvalue weighted by molar-refractivity contribution is 8.00. The third-order valence-electron chi connectivity index (χ3n) is 3.06. The summed E-state index contributed by atoms with van der Waals surface area (Å²) in [6.45, 7) is 4.51. The molecule has 0 saturated carbocycles. The van der Waals surface area contributed by atoms with E-state index in [1.54, 1.807) is 11.8 Å². The van der Waals surface area contributed by atoms with E-state index in [1.165, 1.54) is 11.8 Å². The molecule has 0 radical (unpaired) electrons. The Morgan fingerprint density at radius 2 is 2.10 bits per heavy atom. The number of carbonyl (C=O) groups is 2. The minimum absolute atomic E-state index is 0.0230. The normalized spacial score (nSPS) is 17.9. The molecule has 1 amide bonds. The lowest BCUT2D eigenvalue weighted by Crippen LogP contribution is -2.34. The minimum Gasteiger partial charge on any atom is -0.493 e. The van der Waals surface area contributed by atoms with Gasteiger partial charge in [-0.3, -0.25) is 9.59 Å². The molecule has 1 aliphatic rings. The van der Waals surface area contributed by atoms with Gasteiger partial charge >= 0.3 is 5.97 Å². The van der Waals surface area contributed by atoms with Gasteiger partial charge < -0.3 is 14.4 Å². The van der Waals surface area contributed by atoms with Crippen molar-refractivity contribution in [3.8, 4) is 5.75 Å². The molecule has 0 aromatic heterocycles. The first-order valence-electron chi connectivity index (χ1n) is 6.95. The second-order valence-corrected chi connectivity index (χ2v) is 5.53. The molecule has 1 atom stereocenters. The topological polar surface area (TPSA) is 55.8 Å². The van der Waals surface area contributed by atoms with E-state index in [2.05, 4.69) is 0 Å². The van der Waals surface area contributed by atoms with Crippen molar-refractivity contribution in [3.05, 3.63) is 29.8 Å². The van der Waals surface area contributed by atoms with Crippen LogP contribution < -0.4 is 4.74 Å². The number of nitrogens with zero attached hydrogens (tertiary/aromatic N) is 1. The molecule has 0 bridgehead atoms. The van der Waals surface area contributed by atoms with E-state index in [4.69, 9.17) is 9.47 Å². The van der Waals surface area contributed by atoms with Gasteiger partial charge in [0.25, 0.3) is 0 Å². The first-order chi connectivity index (χ1) is 10.2. The molecule has 6 heteroatoms. The Hall–Kier alpha value is -1.69. The van der Waals surface area contributed by atoms with Gasteiger partial charge in [-0.05, 0) is 19.9 Å². The Labute approximate surface area is 128 Å². The largest absolute Gasteiger partial charge is 0.493 e. The van der Waals surface area contributed by atoms with Crippen LogP contribution in [0.5, 0.6) is 5.75 Å². The highest BCUT2D eigenvalue weighted by Crippen LogP contribution is 2.42. The molecule has 1 aromatic carbocycles. The second-order valence-electron chi connectivity index (χ2n) is 4.46. The standard InChI is InChI=1S/C15H19NO4S/c1-3-19-12-8-6-5-7-11(12)15-16(13(17)10-21-15)9-14(18)20-4-2/h5-8,15H,3-4,9-10H2,1-2H3. The molecule has 1 heterocycles. The first-order valence-corrected chi connectivity index (χ1v) is 8.00. The molecular weight excluding hydrogens is 290 g/mol. The maximum absolute atomic E-state index is 12.0. The number of hydrogen-bond donors (Lipinski definition) is 0. The van der Waals surface area contributed by atoms with Crippen LogP contribution in [-0.2, 0) is 14.3 Å². The van der Waals surface area contributed by atoms with Crippen molar-refractivity contribution >= 4 is 23.6 Å². The number of para-hydroxylation sites is 1. The quantitative estimate of drug-likeness (QED) is 0.754. The summed E-state index contributed by atoms with van der Waals surface area (Å²) in [5.41, 5.74) is 0.916. The maximum Gasteiger partial charge on any atom is 0.325 e. The highest BCUT2D eigenvalue weighted by atomic mass is 32.2. The lowest BCUT2D eigenvalue weighted by molar-refractivity contribution is -0.148. The summed E-state index contributed by atoms with van der Waals surface area (Å²) in [6.07, 6.45) is 0. The van der Waals surface area contributed by atoms with Gasteiger partial charge in [-0.2, -0.15) is 0 Å². The summed E-state index contributed by atoms with van der Waals surface area (Å²) in [5.74, 6) is 0.683. The van der Waals surface area contributed by atoms with E-state index in [0.29, 0.717) is 19.0 Å². The van der Waals surface area contributed by atoms with Gasteiger partial charge in [-0.1, -0.05) is 18.2 Å². The van der Waals surface area contributed by atoms with Gasteiger partial charge in [0.1, 0.15) is 17.7 Å². The molecule has 5 nitrogen and oxygen atoms in total. The van der Waals surface area contributed by atoms with Crippen LogP contribution in [0, 0.1) is 0 Å². The van der Waals surface area contributed by atoms with Crippen molar-refractivity contribution in [2.24, 2.45) is 0 Å². The summed E-state index contributed by atoms with van der Waals surface area (Å²) in [7, 11) is 0. The number of ether oxygens (including phenoxy) is 2. The molecule has 1 fully saturated rings. The maximum atomic E-state index is 12.0. The fraction of sp³-hybridized carbons (Fsp3) is 0.467. The highest BCUT2D eigenvalue weighted by Gasteiger charge is 2.35. The minimum atomic E-state index is -0.382. The molecule has 1 unspecified atom stereocenters. The number of amides is 1. The van der Waals surface area contributed by atoms with E-state index < -0.39 is 0 Å². The summed E-state index contributed by atoms with van der Waals surface area (Å²) in [4.78, 5) is 25.3. The SMILES string of the molecule is CCOC(=O)CN1C(=O)CSC1c1ccccc1OCC. The van der Waals surface area contributed by atoms with Gasteiger partial charge in [0.15, 0.2) is 0 Å². The monoisotopic (exact) mass is 309 g/mol. The Kier molecular flexibility index (Phi) is 5.50. The van der Waals surface area contributed by atoms with E-state index >= 15 is 0 Å². The predicted octanol–water partition coefficient (Wildman–Crippen LogP) is 2.22. The van der Waals surface area contributed by atoms with Crippen molar-refractivity contribution in [1.82, 2.24) is 4.90 Å². The molecule has 0 N–H and O–H groups in total. The first kappa shape index (κ1) is 15.7. The van der Waals surface area contributed by atoms with Crippen LogP contribution in [0.3, 0.4) is 0 Å². The van der Waals surface area contributed by atoms with Crippen LogP contribution in [0.15, 0.2) is 24.3 Å². The van der Waals surface area contributed by atoms with Gasteiger partial charge in [-0.15, -0.1) is 11.8 Å². The van der Waals surface area contributed by atoms with Crippen LogP contribution in [0.4, 0.5) is 0 Å². The Morgan fingerprint density at radius 3 is 2.81 bits per heavy atom. The van der Waals surface area contributed by atoms with Crippen molar-refractivity contribution in [1.29, 1.82) is 0 Å². The van der Waals surface area contributed by atoms with Crippen LogP contribution in [0.2, 0.25) is 0 Å². The fourth-order valence-electron chi connectivity index (χ4n) is 2.20. The summed E-state index contributed by atoms with van der Waals surface area (Å²) < 4.78 is 10.6. The number of thioether (sulfide) groups is 1. The van der Waals surface area contributed by atoms with Crippen LogP contribution in [-0.4, -0.2) is 42.3 Å². The van der Waals surface area contributed by atoms with E-state index in [0.717, 1.165) is 11.3 Å². The van der Waals surface area contributed by atoms with Crippen molar-refractivity contribution in [3.63, 3.8) is 0 Å². The molecule has 1 saturated heterocycles. The van der Waals surface area contributed by atoms with E-state index in [9.17, 15) is 9.59 Å². The second kappa shape index (κ2) is 7.36. The van der Waals surface area contributed by atoms with Crippen molar-refractivity contribution < 1.29 is 19.1 Å². The zero-order chi connectivity index (χ0) is 15.2. The molecular formula is C15H19NO4S. The number of rotatable bonds is 6. The number of esters is 1. The van der Waals surface area contributed by atoms with E-state index in [-0.39, 0.29) is 23.8 Å². The fourth-order valence-corrected chi connectivity index (χ4v) is 3.41. The van der Waals surface area contributed by atoms with Gasteiger partial charge in [0, 0.05) is 5.56 Å². The smallest absolute Gasteiger partial charge is 0.325 e. The molecule has 0 aliphatic carbocycles. The van der Waals surface area contributed by atoms with Crippen LogP contribution in [0.25, 0.3) is 0 Å². The summed E-state index contributed by atoms with van der Waals surface area (Å²) in [6, 6.07) is 7.61. The molecule has 21 heavy (non-hydrogen) atoms. The zero-order valence-corrected chi connectivity index (χ0v) is 13.0. The van der Waals surface area contributed by atoms with Gasteiger partial charge in [0.2, 0.25) is 5.91 Å². The average molecular weight is 309 g/mol. The molecule has 1 aliphatic heterocycles. The lowest BCUT2D eigenvalue weighted by atomic mass is 10.2. The number of benzene rings is 1. The Morgan fingerprint density at radius 1 is 1.33 bits per heavy atom. The van der Waals surface area contributed by atoms with Gasteiger partial charge in [0.05, 0.1) is 19.0 Å². The number of carbonyl (C=O) groups excluding carboxylic acids is 2. The van der Waals surface area contributed by atoms with Crippen LogP contribution in [0.1, 0.15) is 24.8 Å². The third kappa shape index (κ3) is 3.69. The summed E-state index contributed by atoms with van der Waals surface area (Å²) in [5, 5.41) is -0.204. The predicted molar refractivity (Wildman–Crippen MR) is 81.2 cm³/mol. The molecule has 0 spiro atoms. The van der Waals surface area contributed by atoms with Crippen molar-refractivity contribution in [2.45, 2.75) is 19.2 Å². The molecule has 114 valence electrons.